The van der Waals surface area contributed by atoms with E-state index in [0.717, 1.165) is 19.0 Å². The van der Waals surface area contributed by atoms with Crippen molar-refractivity contribution in [1.82, 2.24) is 5.16 Å². The van der Waals surface area contributed by atoms with Crippen molar-refractivity contribution < 1.29 is 13.9 Å². The van der Waals surface area contributed by atoms with Gasteiger partial charge in [0.05, 0.1) is 4.92 Å². The number of rotatable bonds is 4. The monoisotopic (exact) mass is 303 g/mol. The maximum Gasteiger partial charge on any atom is 0.338 e. The second-order valence-corrected chi connectivity index (χ2v) is 5.29. The van der Waals surface area contributed by atoms with Crippen LogP contribution in [0.5, 0.6) is 0 Å². The summed E-state index contributed by atoms with van der Waals surface area (Å²) in [6.45, 7) is 3.55. The van der Waals surface area contributed by atoms with Gasteiger partial charge in [0.15, 0.2) is 11.6 Å². The number of furan rings is 1. The fraction of sp³-hybridized carbons (Fsp3) is 0.400. The third-order valence-electron chi connectivity index (χ3n) is 3.72. The molecular weight excluding hydrogens is 286 g/mol. The SMILES string of the molecule is Cc1noc(/C=C/c2ccc(N3CCCCC3)o2)c1[N+](=O)[O-]. The van der Waals surface area contributed by atoms with Gasteiger partial charge in [0.2, 0.25) is 5.76 Å². The molecule has 7 nitrogen and oxygen atoms in total. The minimum atomic E-state index is -0.493. The van der Waals surface area contributed by atoms with Crippen molar-refractivity contribution in [2.75, 3.05) is 18.0 Å². The van der Waals surface area contributed by atoms with Crippen LogP contribution in [0.2, 0.25) is 0 Å². The second-order valence-electron chi connectivity index (χ2n) is 5.29. The molecule has 0 spiro atoms. The lowest BCUT2D eigenvalue weighted by atomic mass is 10.1. The van der Waals surface area contributed by atoms with Gasteiger partial charge in [-0.1, -0.05) is 5.16 Å². The van der Waals surface area contributed by atoms with E-state index in [4.69, 9.17) is 8.94 Å². The molecule has 0 unspecified atom stereocenters. The average Bonchev–Trinajstić information content (AvgIpc) is 3.12. The molecule has 0 amide bonds. The first kappa shape index (κ1) is 14.4. The highest BCUT2D eigenvalue weighted by Crippen LogP contribution is 2.26. The zero-order valence-electron chi connectivity index (χ0n) is 12.3. The molecule has 0 atom stereocenters. The van der Waals surface area contributed by atoms with Crippen molar-refractivity contribution in [2.24, 2.45) is 0 Å². The Balaban J connectivity index is 1.76. The number of hydrogen-bond acceptors (Lipinski definition) is 6. The summed E-state index contributed by atoms with van der Waals surface area (Å²) in [6, 6.07) is 3.76. The maximum absolute atomic E-state index is 11.0. The highest BCUT2D eigenvalue weighted by molar-refractivity contribution is 5.70. The summed E-state index contributed by atoms with van der Waals surface area (Å²) in [4.78, 5) is 12.7. The van der Waals surface area contributed by atoms with Gasteiger partial charge >= 0.3 is 5.69 Å². The van der Waals surface area contributed by atoms with Crippen LogP contribution in [0.1, 0.15) is 36.5 Å². The molecule has 3 rings (SSSR count). The molecule has 2 aromatic heterocycles. The normalized spacial score (nSPS) is 15.6. The summed E-state index contributed by atoms with van der Waals surface area (Å²) < 4.78 is 10.7. The van der Waals surface area contributed by atoms with E-state index in [1.165, 1.54) is 25.3 Å². The molecule has 7 heteroatoms. The predicted molar refractivity (Wildman–Crippen MR) is 81.6 cm³/mol. The Bertz CT molecular complexity index is 695. The van der Waals surface area contributed by atoms with Gasteiger partial charge in [-0.25, -0.2) is 0 Å². The Morgan fingerprint density at radius 2 is 2.05 bits per heavy atom. The summed E-state index contributed by atoms with van der Waals surface area (Å²) in [7, 11) is 0. The zero-order valence-corrected chi connectivity index (χ0v) is 12.3. The number of nitro groups is 1. The van der Waals surface area contributed by atoms with Crippen molar-refractivity contribution in [3.05, 3.63) is 39.5 Å². The summed E-state index contributed by atoms with van der Waals surface area (Å²) in [5, 5.41) is 14.6. The molecule has 1 aliphatic rings. The van der Waals surface area contributed by atoms with Crippen molar-refractivity contribution in [3.63, 3.8) is 0 Å². The van der Waals surface area contributed by atoms with Crippen LogP contribution in [0.4, 0.5) is 11.6 Å². The first-order valence-corrected chi connectivity index (χ1v) is 7.28. The molecule has 2 aromatic rings. The summed E-state index contributed by atoms with van der Waals surface area (Å²) in [6.07, 6.45) is 6.78. The topological polar surface area (TPSA) is 85.5 Å². The smallest absolute Gasteiger partial charge is 0.338 e. The van der Waals surface area contributed by atoms with Gasteiger partial charge < -0.3 is 13.8 Å². The summed E-state index contributed by atoms with van der Waals surface area (Å²) in [5.74, 6) is 1.59. The van der Waals surface area contributed by atoms with E-state index in [1.54, 1.807) is 13.0 Å². The van der Waals surface area contributed by atoms with Crippen LogP contribution in [0.3, 0.4) is 0 Å². The number of hydrogen-bond donors (Lipinski definition) is 0. The van der Waals surface area contributed by atoms with Crippen molar-refractivity contribution >= 4 is 23.7 Å². The molecule has 1 aliphatic heterocycles. The number of nitrogens with zero attached hydrogens (tertiary/aromatic N) is 3. The van der Waals surface area contributed by atoms with Crippen molar-refractivity contribution in [3.8, 4) is 0 Å². The summed E-state index contributed by atoms with van der Waals surface area (Å²) >= 11 is 0. The minimum Gasteiger partial charge on any atom is -0.441 e. The third-order valence-corrected chi connectivity index (χ3v) is 3.72. The molecule has 22 heavy (non-hydrogen) atoms. The van der Waals surface area contributed by atoms with E-state index in [9.17, 15) is 10.1 Å². The number of aryl methyl sites for hydroxylation is 1. The predicted octanol–water partition coefficient (Wildman–Crippen LogP) is 3.64. The Kier molecular flexibility index (Phi) is 3.95. The molecule has 0 N–H and O–H groups in total. The average molecular weight is 303 g/mol. The zero-order chi connectivity index (χ0) is 15.5. The van der Waals surface area contributed by atoms with Gasteiger partial charge in [-0.05, 0) is 44.4 Å². The summed E-state index contributed by atoms with van der Waals surface area (Å²) in [5.41, 5.74) is 0.150. The van der Waals surface area contributed by atoms with Crippen LogP contribution in [0.25, 0.3) is 12.2 Å². The molecule has 0 saturated carbocycles. The van der Waals surface area contributed by atoms with Gasteiger partial charge in [0.1, 0.15) is 5.76 Å². The van der Waals surface area contributed by atoms with E-state index in [2.05, 4.69) is 10.1 Å². The Labute approximate surface area is 127 Å². The van der Waals surface area contributed by atoms with Crippen molar-refractivity contribution in [2.45, 2.75) is 26.2 Å². The van der Waals surface area contributed by atoms with E-state index in [-0.39, 0.29) is 17.1 Å². The number of anilines is 1. The van der Waals surface area contributed by atoms with Crippen LogP contribution in [-0.2, 0) is 0 Å². The van der Waals surface area contributed by atoms with E-state index >= 15 is 0 Å². The Morgan fingerprint density at radius 1 is 1.27 bits per heavy atom. The second kappa shape index (κ2) is 6.05. The Hall–Kier alpha value is -2.57. The van der Waals surface area contributed by atoms with E-state index < -0.39 is 4.92 Å². The fourth-order valence-electron chi connectivity index (χ4n) is 2.59. The number of aromatic nitrogens is 1. The molecule has 0 bridgehead atoms. The third kappa shape index (κ3) is 2.88. The molecule has 3 heterocycles. The molecule has 0 aliphatic carbocycles. The van der Waals surface area contributed by atoms with E-state index in [1.807, 2.05) is 12.1 Å². The Morgan fingerprint density at radius 3 is 2.77 bits per heavy atom. The molecule has 0 aromatic carbocycles. The first-order chi connectivity index (χ1) is 10.6. The lowest BCUT2D eigenvalue weighted by molar-refractivity contribution is -0.386. The van der Waals surface area contributed by atoms with Gasteiger partial charge in [0, 0.05) is 19.2 Å². The highest BCUT2D eigenvalue weighted by atomic mass is 16.6. The van der Waals surface area contributed by atoms with Gasteiger partial charge in [-0.15, -0.1) is 0 Å². The van der Waals surface area contributed by atoms with Gasteiger partial charge in [-0.3, -0.25) is 10.1 Å². The first-order valence-electron chi connectivity index (χ1n) is 7.28. The van der Waals surface area contributed by atoms with Crippen molar-refractivity contribution in [1.29, 1.82) is 0 Å². The van der Waals surface area contributed by atoms with Crippen LogP contribution < -0.4 is 4.90 Å². The molecule has 116 valence electrons. The van der Waals surface area contributed by atoms with Crippen LogP contribution in [0.15, 0.2) is 21.1 Å². The molecule has 0 radical (unpaired) electrons. The van der Waals surface area contributed by atoms with Crippen LogP contribution in [0, 0.1) is 17.0 Å². The van der Waals surface area contributed by atoms with Gasteiger partial charge in [0.25, 0.3) is 0 Å². The largest absolute Gasteiger partial charge is 0.441 e. The van der Waals surface area contributed by atoms with Gasteiger partial charge in [-0.2, -0.15) is 0 Å². The van der Waals surface area contributed by atoms with Crippen LogP contribution in [-0.4, -0.2) is 23.2 Å². The molecule has 1 fully saturated rings. The lowest BCUT2D eigenvalue weighted by Gasteiger charge is -2.25. The maximum atomic E-state index is 11.0. The molecular formula is C15H17N3O4. The standard InChI is InChI=1S/C15H17N3O4/c1-11-15(18(19)20)13(22-16-11)7-5-12-6-8-14(21-12)17-9-3-2-4-10-17/h5-8H,2-4,9-10H2,1H3/b7-5+. The van der Waals surface area contributed by atoms with E-state index in [0.29, 0.717) is 5.76 Å². The fourth-order valence-corrected chi connectivity index (χ4v) is 2.59. The van der Waals surface area contributed by atoms with Crippen LogP contribution >= 0.6 is 0 Å². The lowest BCUT2D eigenvalue weighted by Crippen LogP contribution is -2.28. The molecule has 1 saturated heterocycles. The minimum absolute atomic E-state index is 0.112. The quantitative estimate of drug-likeness (QED) is 0.633. The number of piperidine rings is 1. The highest BCUT2D eigenvalue weighted by Gasteiger charge is 2.22.